The number of rotatable bonds is 4. The SMILES string of the molecule is COC(=O)[C@@]12Oc3cc4c(c(O)c3C(=O)C1=C(OC)CC[C@H]2O)-c1cccc2c(=O)on(c12)C4.COC(=O)[C@]12Oc3cc4c(c(O)c3C(=O)C1=C(OC)CC[C@H]2O)-c1cccc2c(=O)on(c12)C4. The van der Waals surface area contributed by atoms with Gasteiger partial charge in [0.25, 0.3) is 11.2 Å². The second-order valence-corrected chi connectivity index (χ2v) is 16.9. The number of nitrogens with zero attached hydrogens (tertiary/aromatic N) is 2. The van der Waals surface area contributed by atoms with E-state index >= 15 is 0 Å². The van der Waals surface area contributed by atoms with E-state index in [1.165, 1.54) is 35.8 Å². The Morgan fingerprint density at radius 3 is 1.38 bits per heavy atom. The highest BCUT2D eigenvalue weighted by Crippen LogP contribution is 2.55. The number of hydrogen-bond acceptors (Lipinski definition) is 18. The van der Waals surface area contributed by atoms with Crippen LogP contribution in [0.2, 0.25) is 0 Å². The molecule has 0 fully saturated rings. The van der Waals surface area contributed by atoms with Gasteiger partial charge in [0.2, 0.25) is 11.6 Å². The molecular weight excluding hydrogens is 893 g/mol. The van der Waals surface area contributed by atoms with Crippen molar-refractivity contribution in [2.24, 2.45) is 0 Å². The van der Waals surface area contributed by atoms with Gasteiger partial charge in [-0.25, -0.2) is 28.7 Å². The van der Waals surface area contributed by atoms with Gasteiger partial charge in [0.1, 0.15) is 57.9 Å². The van der Waals surface area contributed by atoms with Crippen molar-refractivity contribution in [1.29, 1.82) is 0 Å². The fourth-order valence-corrected chi connectivity index (χ4v) is 10.8. The summed E-state index contributed by atoms with van der Waals surface area (Å²) in [6.07, 6.45) is -2.17. The number of methoxy groups -OCH3 is 4. The van der Waals surface area contributed by atoms with Gasteiger partial charge in [-0.15, -0.1) is 0 Å². The lowest BCUT2D eigenvalue weighted by atomic mass is 9.73. The Morgan fingerprint density at radius 2 is 1.01 bits per heavy atom. The van der Waals surface area contributed by atoms with Crippen LogP contribution in [0.1, 0.15) is 57.5 Å². The standard InChI is InChI=1S/2C24H19NO9/c2*1-31-13-6-7-15(26)24(23(30)32-2)18(13)21(28)17-14(33-24)8-10-9-25-19-11(16(10)20(17)27)4-3-5-12(19)22(29)34-25/h2*3-5,8,15,26-27H,6-7,9H2,1-2H3/t15-,24+;15-,24-/m11/s1. The molecule has 20 nitrogen and oxygen atoms in total. The molecule has 4 aromatic carbocycles. The van der Waals surface area contributed by atoms with Crippen molar-refractivity contribution in [1.82, 2.24) is 9.48 Å². The third-order valence-electron chi connectivity index (χ3n) is 13.7. The largest absolute Gasteiger partial charge is 0.506 e. The normalized spacial score (nSPS) is 22.6. The Kier molecular flexibility index (Phi) is 9.19. The maximum Gasteiger partial charge on any atom is 0.365 e. The van der Waals surface area contributed by atoms with Gasteiger partial charge in [-0.2, -0.15) is 0 Å². The van der Waals surface area contributed by atoms with Crippen LogP contribution in [0.5, 0.6) is 23.0 Å². The minimum atomic E-state index is -2.14. The number of para-hydroxylation sites is 2. The average Bonchev–Trinajstić information content (AvgIpc) is 3.83. The maximum atomic E-state index is 13.8. The molecule has 6 aromatic rings. The summed E-state index contributed by atoms with van der Waals surface area (Å²) in [5.74, 6) is -3.85. The zero-order valence-electron chi connectivity index (χ0n) is 36.4. The van der Waals surface area contributed by atoms with Crippen LogP contribution in [-0.2, 0) is 41.6 Å². The van der Waals surface area contributed by atoms with E-state index in [-0.39, 0.29) is 95.6 Å². The third-order valence-corrected chi connectivity index (χ3v) is 13.7. The first-order valence-electron chi connectivity index (χ1n) is 21.3. The van der Waals surface area contributed by atoms with Crippen LogP contribution in [0.15, 0.2) is 89.8 Å². The maximum absolute atomic E-state index is 13.8. The molecule has 0 radical (unpaired) electrons. The summed E-state index contributed by atoms with van der Waals surface area (Å²) in [6.45, 7) is 0.173. The van der Waals surface area contributed by atoms with Gasteiger partial charge >= 0.3 is 23.2 Å². The number of phenolic OH excluding ortho intramolecular Hbond substituents is 2. The molecule has 12 rings (SSSR count). The van der Waals surface area contributed by atoms with Gasteiger partial charge in [0.05, 0.1) is 74.5 Å². The van der Waals surface area contributed by atoms with E-state index in [0.717, 1.165) is 14.2 Å². The van der Waals surface area contributed by atoms with Gasteiger partial charge in [0.15, 0.2) is 0 Å². The molecule has 0 saturated carbocycles. The van der Waals surface area contributed by atoms with Crippen LogP contribution < -0.4 is 20.7 Å². The molecule has 0 saturated heterocycles. The fraction of sp³-hybridized carbons (Fsp3) is 0.292. The van der Waals surface area contributed by atoms with Gasteiger partial charge < -0.3 is 57.9 Å². The summed E-state index contributed by atoms with van der Waals surface area (Å²) < 4.78 is 46.3. The number of Topliss-reactive ketones (excluding diaryl/α,β-unsaturated/α-hetero) is 2. The quantitative estimate of drug-likeness (QED) is 0.183. The van der Waals surface area contributed by atoms with Crippen molar-refractivity contribution in [3.8, 4) is 45.3 Å². The number of fused-ring (bicyclic) bond motifs is 8. The highest BCUT2D eigenvalue weighted by Gasteiger charge is 2.63. The number of phenols is 2. The number of aromatic nitrogens is 2. The van der Waals surface area contributed by atoms with E-state index in [2.05, 4.69) is 0 Å². The van der Waals surface area contributed by atoms with E-state index in [0.29, 0.717) is 55.2 Å². The second-order valence-electron chi connectivity index (χ2n) is 16.9. The van der Waals surface area contributed by atoms with E-state index in [4.69, 9.17) is 37.5 Å². The van der Waals surface area contributed by atoms with Gasteiger partial charge in [0, 0.05) is 35.1 Å². The number of ether oxygens (including phenoxy) is 6. The first-order chi connectivity index (χ1) is 32.7. The average molecular weight is 931 g/mol. The van der Waals surface area contributed by atoms with Gasteiger partial charge in [-0.05, 0) is 48.2 Å². The van der Waals surface area contributed by atoms with Crippen LogP contribution in [0.4, 0.5) is 0 Å². The Hall–Kier alpha value is -8.10. The summed E-state index contributed by atoms with van der Waals surface area (Å²) in [6, 6.07) is 13.0. The fourth-order valence-electron chi connectivity index (χ4n) is 10.8. The van der Waals surface area contributed by atoms with E-state index in [1.807, 2.05) is 0 Å². The van der Waals surface area contributed by atoms with Crippen molar-refractivity contribution in [2.45, 2.75) is 62.2 Å². The van der Waals surface area contributed by atoms with Crippen LogP contribution in [0, 0.1) is 0 Å². The predicted molar refractivity (Wildman–Crippen MR) is 231 cm³/mol. The van der Waals surface area contributed by atoms with Crippen molar-refractivity contribution < 1.29 is 77.1 Å². The predicted octanol–water partition coefficient (Wildman–Crippen LogP) is 3.74. The molecular formula is C48H38N2O18. The number of allylic oxidation sites excluding steroid dienone is 2. The lowest BCUT2D eigenvalue weighted by Gasteiger charge is -2.43. The first kappa shape index (κ1) is 42.5. The molecule has 4 N–H and O–H groups in total. The second kappa shape index (κ2) is 14.7. The van der Waals surface area contributed by atoms with Crippen molar-refractivity contribution >= 4 is 45.3 Å². The molecule has 0 spiro atoms. The number of hydrogen-bond donors (Lipinski definition) is 4. The van der Waals surface area contributed by atoms with Gasteiger partial charge in [-0.1, -0.05) is 24.3 Å². The number of aliphatic hydroxyl groups is 2. The number of carbonyl (C=O) groups excluding carboxylic acids is 4. The monoisotopic (exact) mass is 930 g/mol. The van der Waals surface area contributed by atoms with Crippen molar-refractivity contribution in [3.05, 3.63) is 114 Å². The number of aromatic hydroxyl groups is 2. The van der Waals surface area contributed by atoms with Crippen LogP contribution in [0.25, 0.3) is 44.1 Å². The van der Waals surface area contributed by atoms with Crippen LogP contribution in [0.3, 0.4) is 0 Å². The number of carbonyl (C=O) groups is 4. The first-order valence-corrected chi connectivity index (χ1v) is 21.3. The van der Waals surface area contributed by atoms with Crippen LogP contribution in [-0.4, -0.2) is 105 Å². The highest BCUT2D eigenvalue weighted by molar-refractivity contribution is 6.21. The molecule has 68 heavy (non-hydrogen) atoms. The van der Waals surface area contributed by atoms with Crippen molar-refractivity contribution in [3.63, 3.8) is 0 Å². The number of benzene rings is 4. The number of aliphatic hydroxyl groups excluding tert-OH is 2. The van der Waals surface area contributed by atoms with E-state index < -0.39 is 58.2 Å². The molecule has 4 aliphatic heterocycles. The summed E-state index contributed by atoms with van der Waals surface area (Å²) in [5.41, 5.74) is -2.22. The van der Waals surface area contributed by atoms with E-state index in [9.17, 15) is 49.2 Å². The minimum absolute atomic E-state index is 0.0862. The molecule has 0 amide bonds. The van der Waals surface area contributed by atoms with E-state index in [1.54, 1.807) is 36.4 Å². The van der Waals surface area contributed by atoms with Crippen molar-refractivity contribution in [2.75, 3.05) is 28.4 Å². The Morgan fingerprint density at radius 1 is 0.618 bits per heavy atom. The molecule has 348 valence electrons. The molecule has 6 heterocycles. The molecule has 6 aliphatic rings. The molecule has 4 atom stereocenters. The minimum Gasteiger partial charge on any atom is -0.506 e. The lowest BCUT2D eigenvalue weighted by molar-refractivity contribution is -0.167. The Balaban J connectivity index is 0.000000149. The highest BCUT2D eigenvalue weighted by atomic mass is 16.6. The third kappa shape index (κ3) is 5.31. The van der Waals surface area contributed by atoms with Crippen LogP contribution >= 0.6 is 0 Å². The number of ketones is 2. The zero-order valence-corrected chi connectivity index (χ0v) is 36.4. The molecule has 0 bridgehead atoms. The molecule has 0 unspecified atom stereocenters. The Labute approximate surface area is 381 Å². The Bertz CT molecular complexity index is 3280. The zero-order chi connectivity index (χ0) is 47.9. The molecule has 20 heteroatoms. The number of esters is 2. The lowest BCUT2D eigenvalue weighted by Crippen LogP contribution is -2.61. The summed E-state index contributed by atoms with van der Waals surface area (Å²) in [7, 11) is 4.98. The summed E-state index contributed by atoms with van der Waals surface area (Å²) in [4.78, 5) is 78.1. The molecule has 2 aromatic heterocycles. The summed E-state index contributed by atoms with van der Waals surface area (Å²) in [5, 5.41) is 45.2. The smallest absolute Gasteiger partial charge is 0.365 e. The molecule has 2 aliphatic carbocycles. The van der Waals surface area contributed by atoms with Gasteiger partial charge in [-0.3, -0.25) is 9.59 Å². The summed E-state index contributed by atoms with van der Waals surface area (Å²) >= 11 is 0. The topological polar surface area (TPSA) is 275 Å².